The molecule has 0 aromatic heterocycles. The summed E-state index contributed by atoms with van der Waals surface area (Å²) in [6.07, 6.45) is 0. The normalized spacial score (nSPS) is 10.3. The van der Waals surface area contributed by atoms with Crippen molar-refractivity contribution in [3.63, 3.8) is 0 Å². The molecule has 7 heteroatoms. The van der Waals surface area contributed by atoms with Crippen LogP contribution in [0.25, 0.3) is 0 Å². The number of rotatable bonds is 4. The van der Waals surface area contributed by atoms with Crippen LogP contribution in [0, 0.1) is 5.82 Å². The van der Waals surface area contributed by atoms with Crippen LogP contribution in [-0.4, -0.2) is 12.1 Å². The van der Waals surface area contributed by atoms with Crippen molar-refractivity contribution in [2.24, 2.45) is 5.73 Å². The Morgan fingerprint density at radius 3 is 2.57 bits per heavy atom. The molecule has 0 aliphatic rings. The lowest BCUT2D eigenvalue weighted by atomic mass is 10.2. The van der Waals surface area contributed by atoms with E-state index >= 15 is 0 Å². The van der Waals surface area contributed by atoms with Crippen LogP contribution in [0.3, 0.4) is 0 Å². The van der Waals surface area contributed by atoms with E-state index in [0.717, 1.165) is 4.47 Å². The van der Waals surface area contributed by atoms with Crippen LogP contribution in [0.5, 0.6) is 5.75 Å². The average Bonchev–Trinajstić information content (AvgIpc) is 2.45. The zero-order valence-electron chi connectivity index (χ0n) is 10.9. The van der Waals surface area contributed by atoms with Crippen molar-refractivity contribution < 1.29 is 9.13 Å². The van der Waals surface area contributed by atoms with Crippen LogP contribution in [0.4, 0.5) is 15.8 Å². The van der Waals surface area contributed by atoms with Gasteiger partial charge in [0.2, 0.25) is 0 Å². The highest BCUT2D eigenvalue weighted by atomic mass is 79.9. The number of benzene rings is 2. The van der Waals surface area contributed by atoms with Crippen molar-refractivity contribution in [3.05, 3.63) is 50.7 Å². The molecule has 0 unspecified atom stereocenters. The number of hydrogen-bond donors (Lipinski definition) is 2. The molecule has 0 fully saturated rings. The lowest BCUT2D eigenvalue weighted by Crippen LogP contribution is -2.11. The number of hydrogen-bond acceptors (Lipinski definition) is 3. The second-order valence-electron chi connectivity index (χ2n) is 4.12. The van der Waals surface area contributed by atoms with E-state index in [4.69, 9.17) is 22.7 Å². The van der Waals surface area contributed by atoms with Gasteiger partial charge in [0.05, 0.1) is 23.0 Å². The van der Waals surface area contributed by atoms with Gasteiger partial charge in [-0.15, -0.1) is 0 Å². The molecule has 0 atom stereocenters. The monoisotopic (exact) mass is 432 g/mol. The molecule has 3 N–H and O–H groups in total. The highest BCUT2D eigenvalue weighted by Gasteiger charge is 2.14. The third-order valence-electron chi connectivity index (χ3n) is 2.79. The maximum absolute atomic E-state index is 14.4. The Kier molecular flexibility index (Phi) is 5.18. The van der Waals surface area contributed by atoms with Crippen molar-refractivity contribution >= 4 is 60.4 Å². The third kappa shape index (κ3) is 3.53. The van der Waals surface area contributed by atoms with E-state index in [2.05, 4.69) is 37.2 Å². The van der Waals surface area contributed by atoms with Crippen LogP contribution >= 0.6 is 44.1 Å². The number of methoxy groups -OCH3 is 1. The van der Waals surface area contributed by atoms with E-state index < -0.39 is 5.82 Å². The summed E-state index contributed by atoms with van der Waals surface area (Å²) in [6.45, 7) is 0. The largest absolute Gasteiger partial charge is 0.497 e. The fourth-order valence-corrected chi connectivity index (χ4v) is 2.91. The molecular weight excluding hydrogens is 423 g/mol. The first kappa shape index (κ1) is 16.2. The van der Waals surface area contributed by atoms with Gasteiger partial charge in [-0.3, -0.25) is 0 Å². The first-order valence-corrected chi connectivity index (χ1v) is 7.82. The smallest absolute Gasteiger partial charge is 0.161 e. The molecule has 0 aliphatic carbocycles. The quantitative estimate of drug-likeness (QED) is 0.683. The highest BCUT2D eigenvalue weighted by Crippen LogP contribution is 2.33. The summed E-state index contributed by atoms with van der Waals surface area (Å²) in [5.74, 6) is 0.204. The van der Waals surface area contributed by atoms with E-state index in [0.29, 0.717) is 22.7 Å². The van der Waals surface area contributed by atoms with Crippen LogP contribution < -0.4 is 15.8 Å². The Morgan fingerprint density at radius 1 is 1.24 bits per heavy atom. The fraction of sp³-hybridized carbons (Fsp3) is 0.0714. The van der Waals surface area contributed by atoms with E-state index in [9.17, 15) is 4.39 Å². The number of ether oxygens (including phenoxy) is 1. The van der Waals surface area contributed by atoms with Crippen molar-refractivity contribution in [2.45, 2.75) is 0 Å². The molecule has 0 heterocycles. The van der Waals surface area contributed by atoms with E-state index in [1.54, 1.807) is 31.4 Å². The molecule has 0 amide bonds. The molecule has 0 saturated carbocycles. The summed E-state index contributed by atoms with van der Waals surface area (Å²) in [5.41, 5.74) is 6.98. The molecule has 0 aliphatic heterocycles. The summed E-state index contributed by atoms with van der Waals surface area (Å²) in [7, 11) is 1.57. The maximum Gasteiger partial charge on any atom is 0.161 e. The van der Waals surface area contributed by atoms with Gasteiger partial charge < -0.3 is 15.8 Å². The average molecular weight is 434 g/mol. The zero-order chi connectivity index (χ0) is 15.6. The van der Waals surface area contributed by atoms with Gasteiger partial charge in [0.25, 0.3) is 0 Å². The molecule has 21 heavy (non-hydrogen) atoms. The lowest BCUT2D eigenvalue weighted by molar-refractivity contribution is 0.415. The number of nitrogens with two attached hydrogens (primary N) is 1. The molecule has 0 radical (unpaired) electrons. The second-order valence-corrected chi connectivity index (χ2v) is 6.21. The van der Waals surface area contributed by atoms with Gasteiger partial charge in [0, 0.05) is 16.1 Å². The van der Waals surface area contributed by atoms with Crippen LogP contribution in [0.1, 0.15) is 5.56 Å². The van der Waals surface area contributed by atoms with Gasteiger partial charge in [-0.05, 0) is 56.1 Å². The Labute approximate surface area is 143 Å². The van der Waals surface area contributed by atoms with Crippen LogP contribution in [-0.2, 0) is 0 Å². The minimum Gasteiger partial charge on any atom is -0.497 e. The molecule has 0 spiro atoms. The first-order chi connectivity index (χ1) is 9.93. The summed E-state index contributed by atoms with van der Waals surface area (Å²) >= 11 is 11.5. The molecule has 2 aromatic rings. The predicted octanol–water partition coefficient (Wildman–Crippen LogP) is 4.74. The van der Waals surface area contributed by atoms with E-state index in [1.165, 1.54) is 0 Å². The number of thiocarbonyl (C=S) groups is 1. The lowest BCUT2D eigenvalue weighted by Gasteiger charge is -2.13. The van der Waals surface area contributed by atoms with Crippen molar-refractivity contribution in [1.82, 2.24) is 0 Å². The third-order valence-corrected chi connectivity index (χ3v) is 4.48. The van der Waals surface area contributed by atoms with Gasteiger partial charge in [0.15, 0.2) is 5.82 Å². The predicted molar refractivity (Wildman–Crippen MR) is 94.0 cm³/mol. The Balaban J connectivity index is 2.41. The standard InChI is InChI=1S/C14H11Br2FN2OS/c1-20-7-2-4-9(15)11(6-7)19-10-5-3-8(14(18)21)12(16)13(10)17/h2-6,19H,1H3,(H2,18,21). The zero-order valence-corrected chi connectivity index (χ0v) is 14.9. The van der Waals surface area contributed by atoms with Gasteiger partial charge in [-0.2, -0.15) is 0 Å². The number of halogens is 3. The van der Waals surface area contributed by atoms with Gasteiger partial charge >= 0.3 is 0 Å². The summed E-state index contributed by atoms with van der Waals surface area (Å²) < 4.78 is 20.5. The number of nitrogens with one attached hydrogen (secondary N) is 1. The SMILES string of the molecule is COc1ccc(Br)c(Nc2ccc(C(N)=S)c(Br)c2F)c1. The Bertz CT molecular complexity index is 710. The molecule has 2 aromatic carbocycles. The minimum absolute atomic E-state index is 0.134. The molecular formula is C14H11Br2FN2OS. The minimum atomic E-state index is -0.463. The molecule has 3 nitrogen and oxygen atoms in total. The first-order valence-electron chi connectivity index (χ1n) is 5.82. The van der Waals surface area contributed by atoms with Crippen LogP contribution in [0.15, 0.2) is 39.3 Å². The van der Waals surface area contributed by atoms with Gasteiger partial charge in [-0.25, -0.2) is 4.39 Å². The van der Waals surface area contributed by atoms with Crippen LogP contribution in [0.2, 0.25) is 0 Å². The summed E-state index contributed by atoms with van der Waals surface area (Å²) in [5, 5.41) is 3.01. The molecule has 0 saturated heterocycles. The highest BCUT2D eigenvalue weighted by molar-refractivity contribution is 9.11. The second kappa shape index (κ2) is 6.72. The molecule has 2 rings (SSSR count). The van der Waals surface area contributed by atoms with Gasteiger partial charge in [0.1, 0.15) is 10.7 Å². The molecule has 110 valence electrons. The number of anilines is 2. The van der Waals surface area contributed by atoms with Crippen molar-refractivity contribution in [3.8, 4) is 5.75 Å². The fourth-order valence-electron chi connectivity index (χ4n) is 1.71. The van der Waals surface area contributed by atoms with Gasteiger partial charge in [-0.1, -0.05) is 12.2 Å². The topological polar surface area (TPSA) is 47.3 Å². The molecule has 0 bridgehead atoms. The maximum atomic E-state index is 14.4. The van der Waals surface area contributed by atoms with Crippen molar-refractivity contribution in [1.29, 1.82) is 0 Å². The van der Waals surface area contributed by atoms with E-state index in [-0.39, 0.29) is 9.46 Å². The summed E-state index contributed by atoms with van der Waals surface area (Å²) in [4.78, 5) is 0.134. The Morgan fingerprint density at radius 2 is 1.95 bits per heavy atom. The van der Waals surface area contributed by atoms with E-state index in [1.807, 2.05) is 6.07 Å². The Hall–Kier alpha value is -1.18. The summed E-state index contributed by atoms with van der Waals surface area (Å²) in [6, 6.07) is 8.63. The van der Waals surface area contributed by atoms with Crippen molar-refractivity contribution in [2.75, 3.05) is 12.4 Å².